The molecule has 0 saturated carbocycles. The Bertz CT molecular complexity index is 1150. The molecule has 2 aromatic heterocycles. The van der Waals surface area contributed by atoms with E-state index in [-0.39, 0.29) is 11.0 Å². The predicted octanol–water partition coefficient (Wildman–Crippen LogP) is 3.79. The van der Waals surface area contributed by atoms with Crippen molar-refractivity contribution in [1.82, 2.24) is 20.4 Å². The fourth-order valence-corrected chi connectivity index (χ4v) is 3.59. The van der Waals surface area contributed by atoms with E-state index in [1.165, 1.54) is 18.3 Å². The molecule has 0 radical (unpaired) electrons. The maximum absolute atomic E-state index is 13.5. The molecule has 2 atom stereocenters. The van der Waals surface area contributed by atoms with Gasteiger partial charge >= 0.3 is 6.18 Å². The van der Waals surface area contributed by atoms with Gasteiger partial charge in [-0.25, -0.2) is 15.0 Å². The highest BCUT2D eigenvalue weighted by Crippen LogP contribution is 2.38. The highest BCUT2D eigenvalue weighted by atomic mass is 35.5. The minimum atomic E-state index is -4.89. The molecule has 3 heterocycles. The number of halogens is 4. The summed E-state index contributed by atoms with van der Waals surface area (Å²) in [6, 6.07) is 10.5. The number of amides is 2. The number of β-lactam (4-membered cyclic amide) rings is 1. The molecule has 1 fully saturated rings. The van der Waals surface area contributed by atoms with E-state index in [2.05, 4.69) is 15.4 Å². The number of carbonyl (C=O) groups is 2. The number of aryl methyl sites for hydroxylation is 1. The largest absolute Gasteiger partial charge is 0.434 e. The topological polar surface area (TPSA) is 75.2 Å². The van der Waals surface area contributed by atoms with E-state index in [0.717, 1.165) is 16.6 Å². The monoisotopic (exact) mass is 434 g/mol. The molecular weight excluding hydrogens is 421 g/mol. The zero-order valence-corrected chi connectivity index (χ0v) is 16.2. The summed E-state index contributed by atoms with van der Waals surface area (Å²) in [5.74, 6) is -1.73. The van der Waals surface area contributed by atoms with Crippen LogP contribution < -0.4 is 5.43 Å². The minimum absolute atomic E-state index is 0.139. The average Bonchev–Trinajstić information content (AvgIpc) is 2.72. The van der Waals surface area contributed by atoms with E-state index in [4.69, 9.17) is 11.6 Å². The van der Waals surface area contributed by atoms with Crippen molar-refractivity contribution >= 4 is 34.4 Å². The number of rotatable bonds is 3. The summed E-state index contributed by atoms with van der Waals surface area (Å²) in [5.41, 5.74) is 1.65. The van der Waals surface area contributed by atoms with Crippen LogP contribution in [0.3, 0.4) is 0 Å². The van der Waals surface area contributed by atoms with Gasteiger partial charge in [-0.15, -0.1) is 11.6 Å². The molecule has 1 N–H and O–H groups in total. The Labute approximate surface area is 173 Å². The molecule has 0 aliphatic carbocycles. The quantitative estimate of drug-likeness (QED) is 0.502. The van der Waals surface area contributed by atoms with Crippen molar-refractivity contribution in [3.05, 3.63) is 71.0 Å². The van der Waals surface area contributed by atoms with Crippen LogP contribution in [0.2, 0.25) is 0 Å². The van der Waals surface area contributed by atoms with Crippen LogP contribution in [0.5, 0.6) is 0 Å². The van der Waals surface area contributed by atoms with Crippen LogP contribution >= 0.6 is 11.6 Å². The lowest BCUT2D eigenvalue weighted by molar-refractivity contribution is -0.149. The summed E-state index contributed by atoms with van der Waals surface area (Å²) < 4.78 is 40.5. The fraction of sp³-hybridized carbons (Fsp3) is 0.200. The van der Waals surface area contributed by atoms with Crippen LogP contribution in [0.25, 0.3) is 11.0 Å². The third-order valence-electron chi connectivity index (χ3n) is 4.77. The van der Waals surface area contributed by atoms with E-state index in [9.17, 15) is 22.8 Å². The molecule has 6 nitrogen and oxygen atoms in total. The summed E-state index contributed by atoms with van der Waals surface area (Å²) in [6.07, 6.45) is -3.58. The number of hydrogen-bond acceptors (Lipinski definition) is 4. The molecule has 1 saturated heterocycles. The zero-order valence-electron chi connectivity index (χ0n) is 15.4. The van der Waals surface area contributed by atoms with Crippen molar-refractivity contribution in [1.29, 1.82) is 0 Å². The maximum atomic E-state index is 13.5. The van der Waals surface area contributed by atoms with Crippen LogP contribution in [-0.2, 0) is 11.0 Å². The average molecular weight is 435 g/mol. The fourth-order valence-electron chi connectivity index (χ4n) is 3.22. The van der Waals surface area contributed by atoms with Gasteiger partial charge in [-0.05, 0) is 30.7 Å². The Morgan fingerprint density at radius 1 is 1.20 bits per heavy atom. The molecule has 1 aromatic carbocycles. The van der Waals surface area contributed by atoms with Gasteiger partial charge < -0.3 is 0 Å². The van der Waals surface area contributed by atoms with E-state index in [1.807, 2.05) is 19.1 Å². The van der Waals surface area contributed by atoms with Gasteiger partial charge in [-0.1, -0.05) is 29.8 Å². The minimum Gasteiger partial charge on any atom is -0.271 e. The Hall–Kier alpha value is -3.20. The lowest BCUT2D eigenvalue weighted by atomic mass is 9.94. The number of hydrazine groups is 1. The molecule has 0 bridgehead atoms. The first-order chi connectivity index (χ1) is 14.2. The number of nitrogens with zero attached hydrogens (tertiary/aromatic N) is 3. The number of carbonyl (C=O) groups excluding carboxylic acids is 2. The molecule has 2 amide bonds. The number of fused-ring (bicyclic) bond motifs is 1. The highest BCUT2D eigenvalue weighted by molar-refractivity contribution is 6.33. The second kappa shape index (κ2) is 7.24. The van der Waals surface area contributed by atoms with Gasteiger partial charge in [-0.3, -0.25) is 15.0 Å². The van der Waals surface area contributed by atoms with E-state index >= 15 is 0 Å². The summed E-state index contributed by atoms with van der Waals surface area (Å²) in [7, 11) is 0. The van der Waals surface area contributed by atoms with E-state index in [1.54, 1.807) is 12.1 Å². The molecule has 154 valence electrons. The molecular formula is C20H14ClF3N4O2. The second-order valence-electron chi connectivity index (χ2n) is 6.84. The third-order valence-corrected chi connectivity index (χ3v) is 5.20. The van der Waals surface area contributed by atoms with Crippen molar-refractivity contribution in [2.24, 2.45) is 0 Å². The molecule has 30 heavy (non-hydrogen) atoms. The van der Waals surface area contributed by atoms with Crippen LogP contribution in [0.4, 0.5) is 13.2 Å². The van der Waals surface area contributed by atoms with Gasteiger partial charge in [-0.2, -0.15) is 13.2 Å². The predicted molar refractivity (Wildman–Crippen MR) is 102 cm³/mol. The molecule has 3 aromatic rings. The number of aromatic nitrogens is 2. The van der Waals surface area contributed by atoms with Crippen molar-refractivity contribution < 1.29 is 22.8 Å². The van der Waals surface area contributed by atoms with Gasteiger partial charge in [0, 0.05) is 11.6 Å². The van der Waals surface area contributed by atoms with Crippen LogP contribution in [0.1, 0.15) is 33.2 Å². The van der Waals surface area contributed by atoms with Gasteiger partial charge in [0.15, 0.2) is 11.3 Å². The Morgan fingerprint density at radius 2 is 1.90 bits per heavy atom. The normalized spacial score (nSPS) is 19.0. The van der Waals surface area contributed by atoms with Crippen molar-refractivity contribution in [2.45, 2.75) is 24.5 Å². The summed E-state index contributed by atoms with van der Waals surface area (Å²) in [6.45, 7) is 1.88. The van der Waals surface area contributed by atoms with Crippen LogP contribution in [0.15, 0.2) is 48.7 Å². The van der Waals surface area contributed by atoms with Crippen molar-refractivity contribution in [3.8, 4) is 0 Å². The first-order valence-corrected chi connectivity index (χ1v) is 9.28. The number of pyridine rings is 2. The summed E-state index contributed by atoms with van der Waals surface area (Å²) in [4.78, 5) is 32.3. The SMILES string of the molecule is Cc1ccc(C2C(Cl)C(=O)N2NC(=O)c2cc3cccnc3nc2C(F)(F)F)cc1. The Kier molecular flexibility index (Phi) is 4.85. The zero-order chi connectivity index (χ0) is 21.6. The molecule has 0 spiro atoms. The van der Waals surface area contributed by atoms with Crippen molar-refractivity contribution in [2.75, 3.05) is 0 Å². The van der Waals surface area contributed by atoms with Gasteiger partial charge in [0.05, 0.1) is 5.56 Å². The van der Waals surface area contributed by atoms with Gasteiger partial charge in [0.1, 0.15) is 11.4 Å². The highest BCUT2D eigenvalue weighted by Gasteiger charge is 2.49. The second-order valence-corrected chi connectivity index (χ2v) is 7.31. The van der Waals surface area contributed by atoms with Crippen LogP contribution in [0, 0.1) is 6.92 Å². The van der Waals surface area contributed by atoms with Gasteiger partial charge in [0.25, 0.3) is 11.8 Å². The number of alkyl halides is 4. The van der Waals surface area contributed by atoms with Crippen molar-refractivity contribution in [3.63, 3.8) is 0 Å². The Balaban J connectivity index is 1.68. The lowest BCUT2D eigenvalue weighted by Gasteiger charge is -2.44. The maximum Gasteiger partial charge on any atom is 0.434 e. The molecule has 1 aliphatic heterocycles. The van der Waals surface area contributed by atoms with E-state index < -0.39 is 40.7 Å². The number of nitrogens with one attached hydrogen (secondary N) is 1. The lowest BCUT2D eigenvalue weighted by Crippen LogP contribution is -2.63. The third kappa shape index (κ3) is 3.45. The molecule has 10 heteroatoms. The van der Waals surface area contributed by atoms with Gasteiger partial charge in [0.2, 0.25) is 0 Å². The summed E-state index contributed by atoms with van der Waals surface area (Å²) >= 11 is 6.10. The Morgan fingerprint density at radius 3 is 2.57 bits per heavy atom. The number of hydrogen-bond donors (Lipinski definition) is 1. The molecule has 4 rings (SSSR count). The smallest absolute Gasteiger partial charge is 0.271 e. The first kappa shape index (κ1) is 20.1. The molecule has 1 aliphatic rings. The summed E-state index contributed by atoms with van der Waals surface area (Å²) in [5, 5.41) is 0.267. The number of benzene rings is 1. The first-order valence-electron chi connectivity index (χ1n) is 8.84. The van der Waals surface area contributed by atoms with Crippen LogP contribution in [-0.4, -0.2) is 32.2 Å². The standard InChI is InChI=1S/C20H14ClF3N4O2/c1-10-4-6-11(7-5-10)15-14(21)19(30)28(15)27-18(29)13-9-12-3-2-8-25-17(12)26-16(13)20(22,23)24/h2-9,14-15H,1H3,(H,27,29). The van der Waals surface area contributed by atoms with E-state index in [0.29, 0.717) is 5.56 Å². The molecule has 2 unspecified atom stereocenters.